The summed E-state index contributed by atoms with van der Waals surface area (Å²) < 4.78 is 5.03. The molecule has 1 aromatic carbocycles. The van der Waals surface area contributed by atoms with Crippen LogP contribution >= 0.6 is 24.0 Å². The normalized spacial score (nSPS) is 14.6. The Bertz CT molecular complexity index is 690. The Balaban J connectivity index is 0.00000420. The van der Waals surface area contributed by atoms with Gasteiger partial charge in [-0.2, -0.15) is 0 Å². The molecule has 2 amide bonds. The average molecular weight is 517 g/mol. The minimum atomic E-state index is -0.257. The van der Waals surface area contributed by atoms with Crippen LogP contribution in [0.5, 0.6) is 0 Å². The molecule has 162 valence electrons. The van der Waals surface area contributed by atoms with E-state index in [1.54, 1.807) is 18.9 Å². The Labute approximate surface area is 189 Å². The molecule has 2 rings (SSSR count). The molecule has 0 radical (unpaired) electrons. The number of nitrogens with one attached hydrogen (secondary N) is 3. The van der Waals surface area contributed by atoms with Gasteiger partial charge >= 0.3 is 6.09 Å². The maximum atomic E-state index is 12.2. The molecule has 8 nitrogen and oxygen atoms in total. The number of amides is 2. The highest BCUT2D eigenvalue weighted by Crippen LogP contribution is 2.12. The van der Waals surface area contributed by atoms with Gasteiger partial charge < -0.3 is 25.6 Å². The molecule has 29 heavy (non-hydrogen) atoms. The van der Waals surface area contributed by atoms with Crippen molar-refractivity contribution < 1.29 is 14.3 Å². The molecule has 0 aromatic heterocycles. The number of aliphatic imine (C=N–C) groups is 1. The summed E-state index contributed by atoms with van der Waals surface area (Å²) in [6.07, 6.45) is 2.27. The van der Waals surface area contributed by atoms with E-state index in [4.69, 9.17) is 4.74 Å². The number of anilines is 1. The van der Waals surface area contributed by atoms with E-state index in [0.717, 1.165) is 24.9 Å². The zero-order valence-electron chi connectivity index (χ0n) is 17.4. The molecule has 1 fully saturated rings. The van der Waals surface area contributed by atoms with Crippen LogP contribution in [0.4, 0.5) is 10.5 Å². The number of likely N-dealkylation sites (tertiary alicyclic amines) is 1. The molecule has 1 aliphatic rings. The highest BCUT2D eigenvalue weighted by atomic mass is 127. The van der Waals surface area contributed by atoms with Gasteiger partial charge in [-0.15, -0.1) is 24.0 Å². The summed E-state index contributed by atoms with van der Waals surface area (Å²) in [7, 11) is 1.67. The van der Waals surface area contributed by atoms with Crippen LogP contribution in [0, 0.1) is 0 Å². The number of hydrogen-bond donors (Lipinski definition) is 3. The first-order valence-electron chi connectivity index (χ1n) is 9.83. The fraction of sp³-hybridized carbons (Fsp3) is 0.550. The average Bonchev–Trinajstić information content (AvgIpc) is 2.71. The fourth-order valence-electron chi connectivity index (χ4n) is 3.05. The Morgan fingerprint density at radius 2 is 1.97 bits per heavy atom. The number of aryl methyl sites for hydroxylation is 1. The second-order valence-electron chi connectivity index (χ2n) is 6.63. The summed E-state index contributed by atoms with van der Waals surface area (Å²) in [5.41, 5.74) is 1.97. The molecule has 0 saturated carbocycles. The lowest BCUT2D eigenvalue weighted by atomic mass is 10.1. The number of benzene rings is 1. The summed E-state index contributed by atoms with van der Waals surface area (Å²) in [4.78, 5) is 29.8. The van der Waals surface area contributed by atoms with E-state index in [9.17, 15) is 9.59 Å². The maximum absolute atomic E-state index is 12.2. The standard InChI is InChI=1S/C20H31N5O3.HI/c1-4-15-7-6-8-17(13-15)23-18(26)14-22-19(21-3)24-16-9-11-25(12-10-16)20(27)28-5-2;/h6-8,13,16H,4-5,9-12,14H2,1-3H3,(H,23,26)(H2,21,22,24);1H. The molecular formula is C20H32IN5O3. The highest BCUT2D eigenvalue weighted by Gasteiger charge is 2.24. The monoisotopic (exact) mass is 517 g/mol. The molecule has 1 aliphatic heterocycles. The number of piperidine rings is 1. The molecule has 0 unspecified atom stereocenters. The largest absolute Gasteiger partial charge is 0.450 e. The van der Waals surface area contributed by atoms with Crippen LogP contribution in [0.15, 0.2) is 29.3 Å². The van der Waals surface area contributed by atoms with Crippen LogP contribution in [0.2, 0.25) is 0 Å². The number of rotatable bonds is 6. The first kappa shape index (κ1) is 25.0. The van der Waals surface area contributed by atoms with Gasteiger partial charge in [-0.3, -0.25) is 9.79 Å². The van der Waals surface area contributed by atoms with Crippen LogP contribution in [-0.4, -0.2) is 62.2 Å². The molecule has 0 atom stereocenters. The Hall–Kier alpha value is -2.04. The minimum absolute atomic E-state index is 0. The zero-order chi connectivity index (χ0) is 20.4. The van der Waals surface area contributed by atoms with Crippen molar-refractivity contribution in [3.05, 3.63) is 29.8 Å². The van der Waals surface area contributed by atoms with Gasteiger partial charge in [0.2, 0.25) is 5.91 Å². The van der Waals surface area contributed by atoms with Gasteiger partial charge in [0.25, 0.3) is 0 Å². The van der Waals surface area contributed by atoms with Crippen LogP contribution in [0.1, 0.15) is 32.3 Å². The number of carbonyl (C=O) groups is 2. The Morgan fingerprint density at radius 1 is 1.24 bits per heavy atom. The van der Waals surface area contributed by atoms with Gasteiger partial charge in [-0.1, -0.05) is 19.1 Å². The predicted molar refractivity (Wildman–Crippen MR) is 126 cm³/mol. The van der Waals surface area contributed by atoms with Gasteiger partial charge in [0.15, 0.2) is 5.96 Å². The lowest BCUT2D eigenvalue weighted by Crippen LogP contribution is -2.50. The van der Waals surface area contributed by atoms with E-state index < -0.39 is 0 Å². The highest BCUT2D eigenvalue weighted by molar-refractivity contribution is 14.0. The summed E-state index contributed by atoms with van der Waals surface area (Å²) in [5, 5.41) is 9.24. The molecule has 1 saturated heterocycles. The SMILES string of the molecule is CCOC(=O)N1CCC(NC(=NC)NCC(=O)Nc2cccc(CC)c2)CC1.I. The smallest absolute Gasteiger partial charge is 0.409 e. The quantitative estimate of drug-likeness (QED) is 0.307. The van der Waals surface area contributed by atoms with E-state index in [2.05, 4.69) is 27.9 Å². The van der Waals surface area contributed by atoms with Gasteiger partial charge in [-0.25, -0.2) is 4.79 Å². The number of halogens is 1. The lowest BCUT2D eigenvalue weighted by molar-refractivity contribution is -0.115. The van der Waals surface area contributed by atoms with Gasteiger partial charge in [0, 0.05) is 31.9 Å². The predicted octanol–water partition coefficient (Wildman–Crippen LogP) is 2.59. The van der Waals surface area contributed by atoms with Gasteiger partial charge in [-0.05, 0) is 43.9 Å². The Morgan fingerprint density at radius 3 is 2.59 bits per heavy atom. The van der Waals surface area contributed by atoms with Crippen LogP contribution in [0.25, 0.3) is 0 Å². The number of ether oxygens (including phenoxy) is 1. The first-order valence-corrected chi connectivity index (χ1v) is 9.83. The van der Waals surface area contributed by atoms with Crippen molar-refractivity contribution in [2.45, 2.75) is 39.2 Å². The van der Waals surface area contributed by atoms with Gasteiger partial charge in [0.1, 0.15) is 0 Å². The lowest BCUT2D eigenvalue weighted by Gasteiger charge is -2.32. The molecule has 3 N–H and O–H groups in total. The summed E-state index contributed by atoms with van der Waals surface area (Å²) in [5.74, 6) is 0.445. The van der Waals surface area contributed by atoms with Crippen molar-refractivity contribution in [2.75, 3.05) is 38.6 Å². The number of carbonyl (C=O) groups excluding carboxylic acids is 2. The second-order valence-corrected chi connectivity index (χ2v) is 6.63. The third-order valence-electron chi connectivity index (χ3n) is 4.62. The molecule has 9 heteroatoms. The maximum Gasteiger partial charge on any atom is 0.409 e. The number of nitrogens with zero attached hydrogens (tertiary/aromatic N) is 2. The molecule has 0 aliphatic carbocycles. The molecule has 0 spiro atoms. The van der Waals surface area contributed by atoms with Crippen molar-refractivity contribution in [3.8, 4) is 0 Å². The van der Waals surface area contributed by atoms with Gasteiger partial charge in [0.05, 0.1) is 13.2 Å². The van der Waals surface area contributed by atoms with E-state index >= 15 is 0 Å². The second kappa shape index (κ2) is 13.2. The third kappa shape index (κ3) is 8.46. The molecule has 1 aromatic rings. The van der Waals surface area contributed by atoms with Crippen molar-refractivity contribution in [1.82, 2.24) is 15.5 Å². The van der Waals surface area contributed by atoms with Crippen molar-refractivity contribution in [2.24, 2.45) is 4.99 Å². The molecule has 0 bridgehead atoms. The van der Waals surface area contributed by atoms with Crippen LogP contribution < -0.4 is 16.0 Å². The van der Waals surface area contributed by atoms with E-state index in [-0.39, 0.29) is 48.6 Å². The topological polar surface area (TPSA) is 95.1 Å². The van der Waals surface area contributed by atoms with Crippen LogP contribution in [0.3, 0.4) is 0 Å². The number of hydrogen-bond acceptors (Lipinski definition) is 4. The third-order valence-corrected chi connectivity index (χ3v) is 4.62. The van der Waals surface area contributed by atoms with E-state index in [0.29, 0.717) is 25.7 Å². The molecule has 1 heterocycles. The van der Waals surface area contributed by atoms with Crippen molar-refractivity contribution in [1.29, 1.82) is 0 Å². The first-order chi connectivity index (χ1) is 13.5. The summed E-state index contributed by atoms with van der Waals surface area (Å²) in [6.45, 7) is 5.67. The summed E-state index contributed by atoms with van der Waals surface area (Å²) in [6, 6.07) is 8.02. The van der Waals surface area contributed by atoms with Crippen molar-refractivity contribution >= 4 is 47.6 Å². The fourth-order valence-corrected chi connectivity index (χ4v) is 3.05. The van der Waals surface area contributed by atoms with E-state index in [1.165, 1.54) is 5.56 Å². The zero-order valence-corrected chi connectivity index (χ0v) is 19.7. The number of guanidine groups is 1. The molecular weight excluding hydrogens is 485 g/mol. The van der Waals surface area contributed by atoms with Crippen LogP contribution in [-0.2, 0) is 16.0 Å². The minimum Gasteiger partial charge on any atom is -0.450 e. The van der Waals surface area contributed by atoms with Crippen molar-refractivity contribution in [3.63, 3.8) is 0 Å². The van der Waals surface area contributed by atoms with E-state index in [1.807, 2.05) is 24.3 Å². The Kier molecular flexibility index (Phi) is 11.4. The summed E-state index contributed by atoms with van der Waals surface area (Å²) >= 11 is 0.